The van der Waals surface area contributed by atoms with Crippen LogP contribution in [0.4, 0.5) is 10.5 Å². The molecule has 1 heterocycles. The van der Waals surface area contributed by atoms with Gasteiger partial charge in [-0.25, -0.2) is 9.59 Å². The van der Waals surface area contributed by atoms with Crippen molar-refractivity contribution >= 4 is 17.7 Å². The van der Waals surface area contributed by atoms with Gasteiger partial charge in [-0.3, -0.25) is 15.0 Å². The summed E-state index contributed by atoms with van der Waals surface area (Å²) in [5, 5.41) is 21.3. The number of esters is 1. The number of rotatable bonds is 4. The Labute approximate surface area is 150 Å². The Kier molecular flexibility index (Phi) is 5.50. The number of non-ortho nitro benzene ring substituents is 1. The smallest absolute Gasteiger partial charge is 0.412 e. The van der Waals surface area contributed by atoms with Crippen molar-refractivity contribution < 1.29 is 29.1 Å². The Morgan fingerprint density at radius 2 is 1.92 bits per heavy atom. The second kappa shape index (κ2) is 7.28. The molecule has 9 nitrogen and oxygen atoms in total. The first-order valence-corrected chi connectivity index (χ1v) is 8.16. The third-order valence-corrected chi connectivity index (χ3v) is 3.82. The Balaban J connectivity index is 2.01. The molecule has 9 heteroatoms. The summed E-state index contributed by atoms with van der Waals surface area (Å²) in [7, 11) is 0. The Hall–Kier alpha value is -2.68. The first kappa shape index (κ1) is 19.6. The van der Waals surface area contributed by atoms with Gasteiger partial charge in [0, 0.05) is 25.1 Å². The quantitative estimate of drug-likeness (QED) is 0.494. The molecule has 2 rings (SSSR count). The van der Waals surface area contributed by atoms with E-state index in [1.807, 2.05) is 0 Å². The van der Waals surface area contributed by atoms with Crippen molar-refractivity contribution in [2.45, 2.75) is 44.9 Å². The molecule has 1 aliphatic rings. The molecule has 0 radical (unpaired) electrons. The van der Waals surface area contributed by atoms with E-state index in [4.69, 9.17) is 9.47 Å². The summed E-state index contributed by atoms with van der Waals surface area (Å²) in [6.07, 6.45) is 0.119. The van der Waals surface area contributed by atoms with Gasteiger partial charge in [0.2, 0.25) is 0 Å². The van der Waals surface area contributed by atoms with Crippen molar-refractivity contribution in [3.63, 3.8) is 0 Å². The van der Waals surface area contributed by atoms with E-state index in [9.17, 15) is 24.8 Å². The molecule has 0 aliphatic carbocycles. The number of nitrogens with zero attached hydrogens (tertiary/aromatic N) is 2. The number of carbonyl (C=O) groups is 2. The number of aliphatic hydroxyl groups is 1. The van der Waals surface area contributed by atoms with Crippen LogP contribution >= 0.6 is 0 Å². The van der Waals surface area contributed by atoms with Crippen LogP contribution in [0.2, 0.25) is 0 Å². The third kappa shape index (κ3) is 4.69. The molecule has 0 bridgehead atoms. The van der Waals surface area contributed by atoms with E-state index in [2.05, 4.69) is 0 Å². The molecule has 1 amide bonds. The van der Waals surface area contributed by atoms with Gasteiger partial charge in [-0.05, 0) is 39.3 Å². The number of carbonyl (C=O) groups excluding carboxylic acids is 2. The number of likely N-dealkylation sites (tertiary alicyclic amines) is 1. The molecular formula is C17H22N2O7. The fraction of sp³-hybridized carbons (Fsp3) is 0.529. The minimum Gasteiger partial charge on any atom is -0.457 e. The highest BCUT2D eigenvalue weighted by Gasteiger charge is 2.45. The average molecular weight is 366 g/mol. The van der Waals surface area contributed by atoms with E-state index < -0.39 is 34.9 Å². The van der Waals surface area contributed by atoms with E-state index in [1.165, 1.54) is 24.3 Å². The number of ether oxygens (including phenoxy) is 2. The molecule has 26 heavy (non-hydrogen) atoms. The molecule has 1 aromatic rings. The van der Waals surface area contributed by atoms with E-state index >= 15 is 0 Å². The lowest BCUT2D eigenvalue weighted by atomic mass is 10.1. The van der Waals surface area contributed by atoms with E-state index in [0.717, 1.165) is 4.90 Å². The molecule has 0 aromatic heterocycles. The molecule has 1 atom stereocenters. The molecule has 1 N–H and O–H groups in total. The van der Waals surface area contributed by atoms with E-state index in [0.29, 0.717) is 13.0 Å². The lowest BCUT2D eigenvalue weighted by Crippen LogP contribution is -2.52. The molecule has 0 saturated carbocycles. The zero-order valence-corrected chi connectivity index (χ0v) is 14.9. The van der Waals surface area contributed by atoms with Gasteiger partial charge in [-0.2, -0.15) is 0 Å². The Morgan fingerprint density at radius 1 is 1.31 bits per heavy atom. The van der Waals surface area contributed by atoms with E-state index in [1.54, 1.807) is 20.8 Å². The third-order valence-electron chi connectivity index (χ3n) is 3.82. The molecule has 1 aromatic carbocycles. The largest absolute Gasteiger partial charge is 0.457 e. The first-order chi connectivity index (χ1) is 12.0. The van der Waals surface area contributed by atoms with Crippen LogP contribution in [-0.2, 0) is 9.47 Å². The summed E-state index contributed by atoms with van der Waals surface area (Å²) in [5.74, 6) is -0.746. The molecule has 0 spiro atoms. The van der Waals surface area contributed by atoms with Crippen molar-refractivity contribution in [2.75, 3.05) is 13.2 Å². The van der Waals surface area contributed by atoms with Crippen LogP contribution in [0.3, 0.4) is 0 Å². The van der Waals surface area contributed by atoms with Gasteiger partial charge >= 0.3 is 12.1 Å². The Bertz CT molecular complexity index is 696. The summed E-state index contributed by atoms with van der Waals surface area (Å²) in [6.45, 7) is 5.03. The second-order valence-electron chi connectivity index (χ2n) is 7.10. The molecule has 1 aliphatic heterocycles. The summed E-state index contributed by atoms with van der Waals surface area (Å²) in [6, 6.07) is 4.91. The fourth-order valence-corrected chi connectivity index (χ4v) is 2.58. The van der Waals surface area contributed by atoms with Crippen molar-refractivity contribution in [2.24, 2.45) is 0 Å². The molecule has 1 fully saturated rings. The summed E-state index contributed by atoms with van der Waals surface area (Å²) < 4.78 is 10.4. The van der Waals surface area contributed by atoms with Crippen molar-refractivity contribution in [1.82, 2.24) is 4.90 Å². The average Bonchev–Trinajstić information content (AvgIpc) is 2.93. The van der Waals surface area contributed by atoms with Crippen LogP contribution in [0.1, 0.15) is 44.0 Å². The van der Waals surface area contributed by atoms with Crippen LogP contribution in [0, 0.1) is 10.1 Å². The van der Waals surface area contributed by atoms with Gasteiger partial charge in [0.05, 0.1) is 10.5 Å². The topological polar surface area (TPSA) is 119 Å². The van der Waals surface area contributed by atoms with Gasteiger partial charge < -0.3 is 14.6 Å². The molecule has 0 unspecified atom stereocenters. The fourth-order valence-electron chi connectivity index (χ4n) is 2.58. The SMILES string of the molecule is CC(C)(C)OC(=O)N1CCC[C@]1(O)COC(=O)c1ccc([N+](=O)[O-])cc1. The number of amides is 1. The minimum atomic E-state index is -1.64. The lowest BCUT2D eigenvalue weighted by Gasteiger charge is -2.34. The van der Waals surface area contributed by atoms with Crippen LogP contribution in [0.25, 0.3) is 0 Å². The molecular weight excluding hydrogens is 344 g/mol. The first-order valence-electron chi connectivity index (χ1n) is 8.16. The maximum atomic E-state index is 12.2. The highest BCUT2D eigenvalue weighted by Crippen LogP contribution is 2.29. The van der Waals surface area contributed by atoms with Gasteiger partial charge in [0.15, 0.2) is 5.72 Å². The van der Waals surface area contributed by atoms with Crippen LogP contribution in [0.15, 0.2) is 24.3 Å². The summed E-state index contributed by atoms with van der Waals surface area (Å²) in [5.41, 5.74) is -2.39. The number of hydrogen-bond acceptors (Lipinski definition) is 7. The van der Waals surface area contributed by atoms with Crippen molar-refractivity contribution in [3.8, 4) is 0 Å². The maximum Gasteiger partial charge on any atom is 0.412 e. The number of nitro groups is 1. The lowest BCUT2D eigenvalue weighted by molar-refractivity contribution is -0.384. The zero-order chi connectivity index (χ0) is 19.5. The number of benzene rings is 1. The minimum absolute atomic E-state index is 0.112. The number of hydrogen-bond donors (Lipinski definition) is 1. The monoisotopic (exact) mass is 366 g/mol. The van der Waals surface area contributed by atoms with Crippen molar-refractivity contribution in [1.29, 1.82) is 0 Å². The maximum absolute atomic E-state index is 12.2. The Morgan fingerprint density at radius 3 is 2.46 bits per heavy atom. The van der Waals surface area contributed by atoms with Gasteiger partial charge in [-0.1, -0.05) is 0 Å². The van der Waals surface area contributed by atoms with E-state index in [-0.39, 0.29) is 17.7 Å². The predicted molar refractivity (Wildman–Crippen MR) is 90.5 cm³/mol. The summed E-state index contributed by atoms with van der Waals surface area (Å²) >= 11 is 0. The van der Waals surface area contributed by atoms with Crippen LogP contribution in [0.5, 0.6) is 0 Å². The molecule has 142 valence electrons. The standard InChI is InChI=1S/C17H22N2O7/c1-16(2,3)26-15(21)18-10-4-9-17(18,22)11-25-14(20)12-5-7-13(8-6-12)19(23)24/h5-8,22H,4,9-11H2,1-3H3/t17-/m0/s1. The van der Waals surface area contributed by atoms with Gasteiger partial charge in [0.1, 0.15) is 12.2 Å². The highest BCUT2D eigenvalue weighted by atomic mass is 16.6. The predicted octanol–water partition coefficient (Wildman–Crippen LogP) is 2.47. The zero-order valence-electron chi connectivity index (χ0n) is 14.9. The van der Waals surface area contributed by atoms with Gasteiger partial charge in [-0.15, -0.1) is 0 Å². The van der Waals surface area contributed by atoms with Crippen LogP contribution in [-0.4, -0.2) is 51.5 Å². The normalized spacial score (nSPS) is 19.9. The van der Waals surface area contributed by atoms with Gasteiger partial charge in [0.25, 0.3) is 5.69 Å². The van der Waals surface area contributed by atoms with Crippen molar-refractivity contribution in [3.05, 3.63) is 39.9 Å². The molecule has 1 saturated heterocycles. The highest BCUT2D eigenvalue weighted by molar-refractivity contribution is 5.89. The number of nitro benzene ring substituents is 1. The second-order valence-corrected chi connectivity index (χ2v) is 7.10. The summed E-state index contributed by atoms with van der Waals surface area (Å²) in [4.78, 5) is 35.5. The van der Waals surface area contributed by atoms with Crippen LogP contribution < -0.4 is 0 Å².